The molecule has 3 aliphatic heterocycles. The van der Waals surface area contributed by atoms with Crippen molar-refractivity contribution in [2.45, 2.75) is 48.3 Å². The Morgan fingerprint density at radius 2 is 1.83 bits per heavy atom. The predicted molar refractivity (Wildman–Crippen MR) is 141 cm³/mol. The van der Waals surface area contributed by atoms with Crippen molar-refractivity contribution in [1.29, 1.82) is 0 Å². The number of thioether (sulfide) groups is 1. The molecular formula is C27H30ClN3O4S. The van der Waals surface area contributed by atoms with Crippen molar-refractivity contribution in [3.05, 3.63) is 65.2 Å². The second kappa shape index (κ2) is 10.4. The second-order valence-corrected chi connectivity index (χ2v) is 11.7. The quantitative estimate of drug-likeness (QED) is 0.434. The molecule has 2 unspecified atom stereocenters. The smallest absolute Gasteiger partial charge is 0.248 e. The van der Waals surface area contributed by atoms with Crippen molar-refractivity contribution in [3.63, 3.8) is 0 Å². The van der Waals surface area contributed by atoms with Gasteiger partial charge in [0.15, 0.2) is 0 Å². The molecule has 0 aromatic heterocycles. The number of fused-ring (bicyclic) bond motifs is 1. The molecule has 2 aromatic carbocycles. The van der Waals surface area contributed by atoms with Crippen LogP contribution in [0.15, 0.2) is 54.6 Å². The van der Waals surface area contributed by atoms with Gasteiger partial charge in [0.25, 0.3) is 0 Å². The van der Waals surface area contributed by atoms with Crippen LogP contribution in [0.2, 0.25) is 5.02 Å². The number of aliphatic hydroxyl groups is 1. The molecule has 3 N–H and O–H groups in total. The third-order valence-electron chi connectivity index (χ3n) is 7.60. The van der Waals surface area contributed by atoms with E-state index >= 15 is 0 Å². The highest BCUT2D eigenvalue weighted by atomic mass is 35.5. The van der Waals surface area contributed by atoms with E-state index in [0.29, 0.717) is 43.1 Å². The van der Waals surface area contributed by atoms with Gasteiger partial charge in [-0.2, -0.15) is 0 Å². The second-order valence-electron chi connectivity index (χ2n) is 9.69. The van der Waals surface area contributed by atoms with Crippen LogP contribution in [0.25, 0.3) is 0 Å². The summed E-state index contributed by atoms with van der Waals surface area (Å²) in [5.74, 6) is -1.56. The zero-order chi connectivity index (χ0) is 25.3. The Bertz CT molecular complexity index is 1150. The predicted octanol–water partition coefficient (Wildman–Crippen LogP) is 3.46. The third kappa shape index (κ3) is 4.40. The van der Waals surface area contributed by atoms with Gasteiger partial charge in [0, 0.05) is 24.9 Å². The molecule has 0 aliphatic carbocycles. The number of unbranched alkanes of at least 4 members (excludes halogenated alkanes) is 1. The SMILES string of the molecule is O=C(Nc1ccccc1Cl)C1N(CCCCO)C(=O)[C@@H]2[C@@H](C(=O)NCc3ccccc3)[C@H]3CCC12S3. The highest BCUT2D eigenvalue weighted by Gasteiger charge is 2.73. The van der Waals surface area contributed by atoms with E-state index in [9.17, 15) is 19.5 Å². The van der Waals surface area contributed by atoms with E-state index in [1.165, 1.54) is 0 Å². The van der Waals surface area contributed by atoms with Crippen LogP contribution in [-0.2, 0) is 20.9 Å². The van der Waals surface area contributed by atoms with E-state index in [-0.39, 0.29) is 29.6 Å². The van der Waals surface area contributed by atoms with Crippen molar-refractivity contribution in [3.8, 4) is 0 Å². The molecule has 7 nitrogen and oxygen atoms in total. The number of nitrogens with zero attached hydrogens (tertiary/aromatic N) is 1. The largest absolute Gasteiger partial charge is 0.396 e. The molecule has 9 heteroatoms. The highest BCUT2D eigenvalue weighted by Crippen LogP contribution is 2.66. The van der Waals surface area contributed by atoms with E-state index in [0.717, 1.165) is 12.0 Å². The summed E-state index contributed by atoms with van der Waals surface area (Å²) >= 11 is 7.94. The van der Waals surface area contributed by atoms with Gasteiger partial charge in [-0.3, -0.25) is 14.4 Å². The Morgan fingerprint density at radius 3 is 2.58 bits per heavy atom. The number of halogens is 1. The molecule has 0 saturated carbocycles. The number of rotatable bonds is 9. The molecule has 3 saturated heterocycles. The summed E-state index contributed by atoms with van der Waals surface area (Å²) in [6.07, 6.45) is 2.62. The molecule has 2 aromatic rings. The van der Waals surface area contributed by atoms with Crippen molar-refractivity contribution in [1.82, 2.24) is 10.2 Å². The summed E-state index contributed by atoms with van der Waals surface area (Å²) in [4.78, 5) is 42.7. The number of para-hydroxylation sites is 1. The Labute approximate surface area is 220 Å². The number of likely N-dealkylation sites (tertiary alicyclic amines) is 1. The first kappa shape index (κ1) is 25.1. The van der Waals surface area contributed by atoms with E-state index in [2.05, 4.69) is 10.6 Å². The Hall–Kier alpha value is -2.55. The summed E-state index contributed by atoms with van der Waals surface area (Å²) in [5.41, 5.74) is 1.50. The van der Waals surface area contributed by atoms with Crippen LogP contribution >= 0.6 is 23.4 Å². The normalized spacial score (nSPS) is 28.3. The van der Waals surface area contributed by atoms with Crippen LogP contribution in [0, 0.1) is 11.8 Å². The fraction of sp³-hybridized carbons (Fsp3) is 0.444. The number of carbonyl (C=O) groups excluding carboxylic acids is 3. The zero-order valence-corrected chi connectivity index (χ0v) is 21.4. The van der Waals surface area contributed by atoms with Gasteiger partial charge < -0.3 is 20.6 Å². The van der Waals surface area contributed by atoms with Gasteiger partial charge >= 0.3 is 0 Å². The number of hydrogen-bond acceptors (Lipinski definition) is 5. The number of benzene rings is 2. The fourth-order valence-electron chi connectivity index (χ4n) is 6.05. The summed E-state index contributed by atoms with van der Waals surface area (Å²) in [6.45, 7) is 0.786. The fourth-order valence-corrected chi connectivity index (χ4v) is 8.46. The molecule has 5 atom stereocenters. The topological polar surface area (TPSA) is 98.7 Å². The van der Waals surface area contributed by atoms with Gasteiger partial charge in [-0.25, -0.2) is 0 Å². The molecule has 0 radical (unpaired) electrons. The highest BCUT2D eigenvalue weighted by molar-refractivity contribution is 8.02. The molecular weight excluding hydrogens is 498 g/mol. The van der Waals surface area contributed by atoms with Gasteiger partial charge in [-0.05, 0) is 43.4 Å². The number of aliphatic hydroxyl groups excluding tert-OH is 1. The van der Waals surface area contributed by atoms with Crippen LogP contribution in [0.5, 0.6) is 0 Å². The van der Waals surface area contributed by atoms with Crippen LogP contribution in [0.3, 0.4) is 0 Å². The molecule has 3 fully saturated rings. The molecule has 190 valence electrons. The van der Waals surface area contributed by atoms with Crippen molar-refractivity contribution in [2.24, 2.45) is 11.8 Å². The number of nitrogens with one attached hydrogen (secondary N) is 2. The van der Waals surface area contributed by atoms with E-state index < -0.39 is 22.6 Å². The minimum absolute atomic E-state index is 0.00456. The first-order chi connectivity index (χ1) is 17.5. The van der Waals surface area contributed by atoms with E-state index in [1.807, 2.05) is 30.3 Å². The summed E-state index contributed by atoms with van der Waals surface area (Å²) < 4.78 is -0.652. The Kier molecular flexibility index (Phi) is 7.28. The van der Waals surface area contributed by atoms with Gasteiger partial charge in [0.1, 0.15) is 6.04 Å². The number of carbonyl (C=O) groups is 3. The Morgan fingerprint density at radius 1 is 1.08 bits per heavy atom. The van der Waals surface area contributed by atoms with Gasteiger partial charge in [-0.15, -0.1) is 11.8 Å². The molecule has 3 aliphatic rings. The number of anilines is 1. The first-order valence-corrected chi connectivity index (χ1v) is 13.7. The number of amides is 3. The Balaban J connectivity index is 1.41. The monoisotopic (exact) mass is 527 g/mol. The zero-order valence-electron chi connectivity index (χ0n) is 19.9. The van der Waals surface area contributed by atoms with Gasteiger partial charge in [0.2, 0.25) is 17.7 Å². The van der Waals surface area contributed by atoms with E-state index in [1.54, 1.807) is 40.9 Å². The van der Waals surface area contributed by atoms with Crippen molar-refractivity contribution >= 4 is 46.8 Å². The maximum absolute atomic E-state index is 13.9. The minimum Gasteiger partial charge on any atom is -0.396 e. The summed E-state index contributed by atoms with van der Waals surface area (Å²) in [5, 5.41) is 15.7. The van der Waals surface area contributed by atoms with Crippen molar-refractivity contribution < 1.29 is 19.5 Å². The average Bonchev–Trinajstić information content (AvgIpc) is 3.52. The van der Waals surface area contributed by atoms with Crippen LogP contribution < -0.4 is 10.6 Å². The van der Waals surface area contributed by atoms with Crippen LogP contribution in [0.4, 0.5) is 5.69 Å². The molecule has 1 spiro atoms. The van der Waals surface area contributed by atoms with Crippen molar-refractivity contribution in [2.75, 3.05) is 18.5 Å². The molecule has 36 heavy (non-hydrogen) atoms. The maximum Gasteiger partial charge on any atom is 0.248 e. The number of hydrogen-bond donors (Lipinski definition) is 3. The lowest BCUT2D eigenvalue weighted by Gasteiger charge is -2.34. The summed E-state index contributed by atoms with van der Waals surface area (Å²) in [6, 6.07) is 16.0. The lowest BCUT2D eigenvalue weighted by Crippen LogP contribution is -2.51. The van der Waals surface area contributed by atoms with E-state index in [4.69, 9.17) is 11.6 Å². The molecule has 3 heterocycles. The minimum atomic E-state index is -0.702. The van der Waals surface area contributed by atoms with Gasteiger partial charge in [-0.1, -0.05) is 54.1 Å². The average molecular weight is 528 g/mol. The summed E-state index contributed by atoms with van der Waals surface area (Å²) in [7, 11) is 0. The van der Waals surface area contributed by atoms with Crippen LogP contribution in [0.1, 0.15) is 31.2 Å². The van der Waals surface area contributed by atoms with Crippen LogP contribution in [-0.4, -0.2) is 56.9 Å². The van der Waals surface area contributed by atoms with Gasteiger partial charge in [0.05, 0.1) is 27.3 Å². The maximum atomic E-state index is 13.9. The molecule has 3 amide bonds. The standard InChI is InChI=1S/C27H30ClN3O4S/c28-18-10-4-5-11-19(18)30-25(34)23-27-13-12-20(36-27)21(22(27)26(35)31(23)14-6-7-15-32)24(33)29-16-17-8-2-1-3-9-17/h1-5,8-11,20-23,32H,6-7,12-16H2,(H,29,33)(H,30,34)/t20-,21+,22+,23?,27?/m1/s1. The third-order valence-corrected chi connectivity index (χ3v) is 9.88. The molecule has 5 rings (SSSR count). The lowest BCUT2D eigenvalue weighted by atomic mass is 9.70. The first-order valence-electron chi connectivity index (χ1n) is 12.4. The lowest BCUT2D eigenvalue weighted by molar-refractivity contribution is -0.139. The molecule has 2 bridgehead atoms.